The molecule has 2 aliphatic heterocycles. The van der Waals surface area contributed by atoms with Gasteiger partial charge in [-0.1, -0.05) is 66.7 Å². The van der Waals surface area contributed by atoms with E-state index in [0.29, 0.717) is 30.1 Å². The monoisotopic (exact) mass is 625 g/mol. The summed E-state index contributed by atoms with van der Waals surface area (Å²) in [6.07, 6.45) is 5.76. The summed E-state index contributed by atoms with van der Waals surface area (Å²) < 4.78 is 15.1. The highest BCUT2D eigenvalue weighted by atomic mass is 19.1. The third kappa shape index (κ3) is 8.60. The second-order valence-electron chi connectivity index (χ2n) is 13.3. The van der Waals surface area contributed by atoms with E-state index in [1.165, 1.54) is 42.9 Å². The Hall–Kier alpha value is -3.59. The van der Waals surface area contributed by atoms with Gasteiger partial charge in [-0.25, -0.2) is 4.39 Å². The highest BCUT2D eigenvalue weighted by molar-refractivity contribution is 6.00. The molecule has 2 saturated heterocycles. The van der Waals surface area contributed by atoms with Crippen LogP contribution in [0.15, 0.2) is 78.9 Å². The van der Waals surface area contributed by atoms with Crippen molar-refractivity contribution >= 4 is 17.5 Å². The zero-order chi connectivity index (χ0) is 31.7. The number of benzene rings is 3. The first-order valence-electron chi connectivity index (χ1n) is 17.1. The van der Waals surface area contributed by atoms with E-state index in [1.54, 1.807) is 6.07 Å². The Morgan fingerprint density at radius 3 is 2.07 bits per heavy atom. The molecule has 0 bridgehead atoms. The SMILES string of the molecule is O=C1CCC(c2ccc(N3CCN(CCNCC4CCC(N(Cc5ccccc5)Cc5ccccc5)CC4)CC3)c(F)c2)C(=O)N1. The van der Waals surface area contributed by atoms with E-state index in [9.17, 15) is 9.59 Å². The van der Waals surface area contributed by atoms with E-state index in [2.05, 4.69) is 86.0 Å². The number of hydrogen-bond donors (Lipinski definition) is 2. The van der Waals surface area contributed by atoms with E-state index >= 15 is 4.39 Å². The number of piperazine rings is 1. The number of halogens is 1. The number of hydrogen-bond acceptors (Lipinski definition) is 6. The molecule has 1 atom stereocenters. The highest BCUT2D eigenvalue weighted by Crippen LogP contribution is 2.31. The average molecular weight is 626 g/mol. The molecule has 46 heavy (non-hydrogen) atoms. The maximum atomic E-state index is 15.1. The molecule has 3 fully saturated rings. The van der Waals surface area contributed by atoms with Crippen molar-refractivity contribution in [1.82, 2.24) is 20.4 Å². The summed E-state index contributed by atoms with van der Waals surface area (Å²) in [5.41, 5.74) is 4.00. The zero-order valence-corrected chi connectivity index (χ0v) is 26.9. The molecule has 1 aliphatic carbocycles. The fourth-order valence-corrected chi connectivity index (χ4v) is 7.43. The van der Waals surface area contributed by atoms with Crippen LogP contribution in [-0.2, 0) is 22.7 Å². The molecule has 2 heterocycles. The van der Waals surface area contributed by atoms with Gasteiger partial charge in [-0.05, 0) is 73.4 Å². The number of nitrogens with one attached hydrogen (secondary N) is 2. The lowest BCUT2D eigenvalue weighted by Gasteiger charge is -2.38. The summed E-state index contributed by atoms with van der Waals surface area (Å²) in [5, 5.41) is 6.11. The molecule has 3 aromatic carbocycles. The molecule has 3 aliphatic rings. The number of rotatable bonds is 12. The third-order valence-electron chi connectivity index (χ3n) is 10.2. The van der Waals surface area contributed by atoms with E-state index in [1.807, 2.05) is 6.07 Å². The summed E-state index contributed by atoms with van der Waals surface area (Å²) in [4.78, 5) is 30.9. The van der Waals surface area contributed by atoms with Crippen molar-refractivity contribution in [1.29, 1.82) is 0 Å². The number of nitrogens with zero attached hydrogens (tertiary/aromatic N) is 3. The first-order valence-corrected chi connectivity index (χ1v) is 17.1. The van der Waals surface area contributed by atoms with Crippen LogP contribution in [0.5, 0.6) is 0 Å². The van der Waals surface area contributed by atoms with E-state index in [-0.39, 0.29) is 17.6 Å². The normalized spacial score (nSPS) is 22.7. The van der Waals surface area contributed by atoms with Crippen LogP contribution in [-0.4, -0.2) is 73.5 Å². The van der Waals surface area contributed by atoms with Crippen LogP contribution in [0.3, 0.4) is 0 Å². The van der Waals surface area contributed by atoms with Crippen LogP contribution in [0.25, 0.3) is 0 Å². The smallest absolute Gasteiger partial charge is 0.234 e. The van der Waals surface area contributed by atoms with Crippen LogP contribution >= 0.6 is 0 Å². The molecule has 0 aromatic heterocycles. The molecule has 1 saturated carbocycles. The molecule has 3 aromatic rings. The van der Waals surface area contributed by atoms with Crippen LogP contribution in [0.2, 0.25) is 0 Å². The van der Waals surface area contributed by atoms with Gasteiger partial charge in [-0.15, -0.1) is 0 Å². The number of imide groups is 1. The number of piperidine rings is 1. The molecule has 2 N–H and O–H groups in total. The molecule has 8 heteroatoms. The minimum absolute atomic E-state index is 0.255. The molecule has 244 valence electrons. The van der Waals surface area contributed by atoms with Gasteiger partial charge in [0.05, 0.1) is 11.6 Å². The van der Waals surface area contributed by atoms with Crippen molar-refractivity contribution in [3.63, 3.8) is 0 Å². The van der Waals surface area contributed by atoms with Crippen molar-refractivity contribution in [2.45, 2.75) is 63.6 Å². The summed E-state index contributed by atoms with van der Waals surface area (Å²) in [7, 11) is 0. The largest absolute Gasteiger partial charge is 0.367 e. The molecule has 0 radical (unpaired) electrons. The third-order valence-corrected chi connectivity index (χ3v) is 10.2. The highest BCUT2D eigenvalue weighted by Gasteiger charge is 2.29. The van der Waals surface area contributed by atoms with Crippen LogP contribution in [0, 0.1) is 11.7 Å². The predicted molar refractivity (Wildman–Crippen MR) is 181 cm³/mol. The Labute approximate surface area is 273 Å². The minimum atomic E-state index is -0.463. The lowest BCUT2D eigenvalue weighted by atomic mass is 9.85. The van der Waals surface area contributed by atoms with Crippen molar-refractivity contribution in [3.8, 4) is 0 Å². The van der Waals surface area contributed by atoms with Gasteiger partial charge in [0.1, 0.15) is 5.82 Å². The Balaban J connectivity index is 0.901. The van der Waals surface area contributed by atoms with Gasteiger partial charge >= 0.3 is 0 Å². The second-order valence-corrected chi connectivity index (χ2v) is 13.3. The summed E-state index contributed by atoms with van der Waals surface area (Å²) in [6.45, 7) is 8.41. The van der Waals surface area contributed by atoms with Crippen LogP contribution in [0.1, 0.15) is 61.1 Å². The average Bonchev–Trinajstić information content (AvgIpc) is 3.08. The fourth-order valence-electron chi connectivity index (χ4n) is 7.43. The molecule has 2 amide bonds. The first kappa shape index (κ1) is 32.4. The lowest BCUT2D eigenvalue weighted by Crippen LogP contribution is -2.48. The van der Waals surface area contributed by atoms with Gasteiger partial charge in [0.2, 0.25) is 11.8 Å². The Morgan fingerprint density at radius 2 is 1.46 bits per heavy atom. The van der Waals surface area contributed by atoms with E-state index in [4.69, 9.17) is 0 Å². The van der Waals surface area contributed by atoms with Crippen LogP contribution < -0.4 is 15.5 Å². The standard InChI is InChI=1S/C38H48FN5O2/c39-35-25-32(34-16-18-37(45)41-38(34)46)13-17-36(35)43-23-21-42(22-24-43)20-19-40-26-29-11-14-33(15-12-29)44(27-30-7-3-1-4-8-30)28-31-9-5-2-6-10-31/h1-10,13,17,25,29,33-34,40H,11-12,14-16,18-24,26-28H2,(H,41,45,46). The maximum Gasteiger partial charge on any atom is 0.234 e. The molecular formula is C38H48FN5O2. The first-order chi connectivity index (χ1) is 22.5. The topological polar surface area (TPSA) is 67.9 Å². The van der Waals surface area contributed by atoms with Crippen molar-refractivity contribution in [2.24, 2.45) is 5.92 Å². The lowest BCUT2D eigenvalue weighted by molar-refractivity contribution is -0.134. The minimum Gasteiger partial charge on any atom is -0.367 e. The summed E-state index contributed by atoms with van der Waals surface area (Å²) >= 11 is 0. The van der Waals surface area contributed by atoms with Gasteiger partial charge < -0.3 is 10.2 Å². The maximum absolute atomic E-state index is 15.1. The quantitative estimate of drug-likeness (QED) is 0.210. The van der Waals surface area contributed by atoms with Gasteiger partial charge in [-0.2, -0.15) is 0 Å². The van der Waals surface area contributed by atoms with Crippen molar-refractivity contribution in [2.75, 3.05) is 50.7 Å². The number of anilines is 1. The number of carbonyl (C=O) groups excluding carboxylic acids is 2. The Morgan fingerprint density at radius 1 is 0.804 bits per heavy atom. The summed E-state index contributed by atoms with van der Waals surface area (Å²) in [6, 6.07) is 27.5. The molecule has 0 spiro atoms. The van der Waals surface area contributed by atoms with E-state index < -0.39 is 5.92 Å². The molecule has 7 nitrogen and oxygen atoms in total. The molecular weight excluding hydrogens is 577 g/mol. The van der Waals surface area contributed by atoms with Gasteiger partial charge in [0.15, 0.2) is 0 Å². The number of carbonyl (C=O) groups is 2. The van der Waals surface area contributed by atoms with Gasteiger partial charge in [0.25, 0.3) is 0 Å². The van der Waals surface area contributed by atoms with Gasteiger partial charge in [-0.3, -0.25) is 24.7 Å². The van der Waals surface area contributed by atoms with Crippen molar-refractivity contribution < 1.29 is 14.0 Å². The van der Waals surface area contributed by atoms with E-state index in [0.717, 1.165) is 64.8 Å². The van der Waals surface area contributed by atoms with Crippen LogP contribution in [0.4, 0.5) is 10.1 Å². The Bertz CT molecular complexity index is 1380. The zero-order valence-electron chi connectivity index (χ0n) is 26.9. The molecule has 6 rings (SSSR count). The predicted octanol–water partition coefficient (Wildman–Crippen LogP) is 5.32. The Kier molecular flexibility index (Phi) is 11.1. The second kappa shape index (κ2) is 15.8. The fraction of sp³-hybridized carbons (Fsp3) is 0.474. The summed E-state index contributed by atoms with van der Waals surface area (Å²) in [5.74, 6) is -0.614. The van der Waals surface area contributed by atoms with Gasteiger partial charge in [0, 0.05) is 64.8 Å². The number of amides is 2. The molecule has 1 unspecified atom stereocenters. The van der Waals surface area contributed by atoms with Crippen molar-refractivity contribution in [3.05, 3.63) is 101 Å².